The van der Waals surface area contributed by atoms with Gasteiger partial charge >= 0.3 is 12.2 Å². The molecule has 3 amide bonds. The third kappa shape index (κ3) is 6.64. The molecule has 5 rings (SSSR count). The minimum absolute atomic E-state index is 0.199. The monoisotopic (exact) mass is 553 g/mol. The predicted molar refractivity (Wildman–Crippen MR) is 148 cm³/mol. The minimum Gasteiger partial charge on any atom is -0.445 e. The summed E-state index contributed by atoms with van der Waals surface area (Å²) in [5.74, 6) is -0.582. The van der Waals surface area contributed by atoms with Crippen LogP contribution in [0.1, 0.15) is 25.3 Å². The van der Waals surface area contributed by atoms with Crippen LogP contribution in [0.3, 0.4) is 0 Å². The summed E-state index contributed by atoms with van der Waals surface area (Å²) in [7, 11) is 0. The number of cyclic esters (lactones) is 1. The molecule has 11 heteroatoms. The third-order valence-corrected chi connectivity index (χ3v) is 7.79. The first-order valence-corrected chi connectivity index (χ1v) is 13.8. The van der Waals surface area contributed by atoms with E-state index in [2.05, 4.69) is 10.2 Å². The standard InChI is InChI=1S/C29H36FN5O5/c1-21(36)31-18-25-19-35(29(38)40-25)24-7-8-27(26(30)17-24)33-15-13-32(14-16-33)23-9-11-34(12-10-23)28(37)39-20-22-5-3-2-4-6-22/h2-8,17,23,25H,9-16,18-20H2,1H3,(H,31,36)/t25-/m1/s1. The number of anilines is 2. The van der Waals surface area contributed by atoms with Crippen molar-refractivity contribution >= 4 is 29.5 Å². The molecule has 3 heterocycles. The molecule has 0 spiro atoms. The largest absolute Gasteiger partial charge is 0.445 e. The van der Waals surface area contributed by atoms with Crippen LogP contribution >= 0.6 is 0 Å². The lowest BCUT2D eigenvalue weighted by Gasteiger charge is -2.43. The number of halogens is 1. The molecule has 3 fully saturated rings. The topological polar surface area (TPSA) is 94.7 Å². The second-order valence-electron chi connectivity index (χ2n) is 10.5. The average Bonchev–Trinajstić information content (AvgIpc) is 3.36. The number of likely N-dealkylation sites (tertiary alicyclic amines) is 1. The normalized spacial score (nSPS) is 20.4. The summed E-state index contributed by atoms with van der Waals surface area (Å²) in [6, 6.07) is 14.9. The first-order chi connectivity index (χ1) is 19.4. The lowest BCUT2D eigenvalue weighted by Crippen LogP contribution is -2.54. The molecule has 1 atom stereocenters. The van der Waals surface area contributed by atoms with Crippen molar-refractivity contribution in [1.82, 2.24) is 15.1 Å². The molecule has 0 aromatic heterocycles. The highest BCUT2D eigenvalue weighted by atomic mass is 19.1. The van der Waals surface area contributed by atoms with Gasteiger partial charge in [0.2, 0.25) is 5.91 Å². The van der Waals surface area contributed by atoms with Crippen LogP contribution in [0.5, 0.6) is 0 Å². The molecular weight excluding hydrogens is 517 g/mol. The Morgan fingerprint density at radius 2 is 1.75 bits per heavy atom. The zero-order valence-corrected chi connectivity index (χ0v) is 22.8. The molecule has 0 radical (unpaired) electrons. The zero-order valence-electron chi connectivity index (χ0n) is 22.8. The number of ether oxygens (including phenoxy) is 2. The van der Waals surface area contributed by atoms with Crippen LogP contribution < -0.4 is 15.1 Å². The van der Waals surface area contributed by atoms with E-state index in [1.807, 2.05) is 35.2 Å². The van der Waals surface area contributed by atoms with Gasteiger partial charge in [0, 0.05) is 52.2 Å². The van der Waals surface area contributed by atoms with Gasteiger partial charge in [0.1, 0.15) is 18.5 Å². The van der Waals surface area contributed by atoms with E-state index in [-0.39, 0.29) is 37.5 Å². The molecule has 0 unspecified atom stereocenters. The number of rotatable bonds is 7. The second kappa shape index (κ2) is 12.5. The Labute approximate surface area is 233 Å². The predicted octanol–water partition coefficient (Wildman–Crippen LogP) is 3.21. The van der Waals surface area contributed by atoms with E-state index >= 15 is 4.39 Å². The number of amides is 3. The lowest BCUT2D eigenvalue weighted by molar-refractivity contribution is -0.119. The Morgan fingerprint density at radius 1 is 1.02 bits per heavy atom. The maximum absolute atomic E-state index is 15.2. The van der Waals surface area contributed by atoms with Crippen LogP contribution in [0.15, 0.2) is 48.5 Å². The van der Waals surface area contributed by atoms with Crippen LogP contribution in [0, 0.1) is 5.82 Å². The second-order valence-corrected chi connectivity index (χ2v) is 10.5. The van der Waals surface area contributed by atoms with E-state index in [0.29, 0.717) is 43.6 Å². The number of carbonyl (C=O) groups is 3. The molecule has 10 nitrogen and oxygen atoms in total. The number of nitrogens with zero attached hydrogens (tertiary/aromatic N) is 4. The van der Waals surface area contributed by atoms with Crippen molar-refractivity contribution < 1.29 is 28.2 Å². The van der Waals surface area contributed by atoms with Gasteiger partial charge in [-0.05, 0) is 36.6 Å². The van der Waals surface area contributed by atoms with Gasteiger partial charge in [-0.25, -0.2) is 14.0 Å². The molecule has 2 aromatic rings. The summed E-state index contributed by atoms with van der Waals surface area (Å²) in [6.45, 7) is 6.50. The van der Waals surface area contributed by atoms with E-state index in [9.17, 15) is 14.4 Å². The Balaban J connectivity index is 1.07. The van der Waals surface area contributed by atoms with Gasteiger partial charge in [-0.1, -0.05) is 30.3 Å². The first kappa shape index (κ1) is 27.7. The summed E-state index contributed by atoms with van der Waals surface area (Å²) < 4.78 is 25.9. The van der Waals surface area contributed by atoms with Gasteiger partial charge in [-0.3, -0.25) is 14.6 Å². The number of benzene rings is 2. The van der Waals surface area contributed by atoms with Crippen LogP contribution in [-0.2, 0) is 20.9 Å². The van der Waals surface area contributed by atoms with Crippen LogP contribution in [0.25, 0.3) is 0 Å². The highest BCUT2D eigenvalue weighted by molar-refractivity contribution is 5.90. The van der Waals surface area contributed by atoms with E-state index in [0.717, 1.165) is 31.5 Å². The summed E-state index contributed by atoms with van der Waals surface area (Å²) in [6.07, 6.45) is 0.485. The summed E-state index contributed by atoms with van der Waals surface area (Å²) in [5.41, 5.74) is 1.92. The first-order valence-electron chi connectivity index (χ1n) is 13.8. The quantitative estimate of drug-likeness (QED) is 0.563. The van der Waals surface area contributed by atoms with E-state index in [4.69, 9.17) is 9.47 Å². The molecule has 214 valence electrons. The smallest absolute Gasteiger partial charge is 0.414 e. The molecule has 2 aromatic carbocycles. The summed E-state index contributed by atoms with van der Waals surface area (Å²) in [4.78, 5) is 43.6. The fourth-order valence-electron chi connectivity index (χ4n) is 5.57. The number of nitrogens with one attached hydrogen (secondary N) is 1. The minimum atomic E-state index is -0.549. The molecule has 40 heavy (non-hydrogen) atoms. The number of piperidine rings is 1. The van der Waals surface area contributed by atoms with Gasteiger partial charge < -0.3 is 24.6 Å². The van der Waals surface area contributed by atoms with E-state index in [1.54, 1.807) is 17.0 Å². The highest BCUT2D eigenvalue weighted by Crippen LogP contribution is 2.29. The summed E-state index contributed by atoms with van der Waals surface area (Å²) in [5, 5.41) is 2.64. The van der Waals surface area contributed by atoms with Gasteiger partial charge in [-0.2, -0.15) is 0 Å². The van der Waals surface area contributed by atoms with Gasteiger partial charge in [0.05, 0.1) is 24.5 Å². The molecule has 3 aliphatic heterocycles. The molecule has 0 bridgehead atoms. The molecule has 3 aliphatic rings. The van der Waals surface area contributed by atoms with Crippen molar-refractivity contribution in [1.29, 1.82) is 0 Å². The van der Waals surface area contributed by atoms with Crippen molar-refractivity contribution in [2.24, 2.45) is 0 Å². The molecule has 0 saturated carbocycles. The van der Waals surface area contributed by atoms with E-state index in [1.165, 1.54) is 17.9 Å². The SMILES string of the molecule is CC(=O)NC[C@@H]1CN(c2ccc(N3CCN(C4CCN(C(=O)OCc5ccccc5)CC4)CC3)c(F)c2)C(=O)O1. The Bertz CT molecular complexity index is 1200. The van der Waals surface area contributed by atoms with Crippen molar-refractivity contribution in [3.8, 4) is 0 Å². The van der Waals surface area contributed by atoms with Crippen LogP contribution in [0.2, 0.25) is 0 Å². The zero-order chi connectivity index (χ0) is 28.1. The number of piperazine rings is 1. The third-order valence-electron chi connectivity index (χ3n) is 7.79. The molecule has 0 aliphatic carbocycles. The van der Waals surface area contributed by atoms with Crippen LogP contribution in [0.4, 0.5) is 25.4 Å². The highest BCUT2D eigenvalue weighted by Gasteiger charge is 2.34. The van der Waals surface area contributed by atoms with Gasteiger partial charge in [0.15, 0.2) is 0 Å². The maximum Gasteiger partial charge on any atom is 0.414 e. The number of carbonyl (C=O) groups excluding carboxylic acids is 3. The van der Waals surface area contributed by atoms with Crippen molar-refractivity contribution in [3.63, 3.8) is 0 Å². The number of hydrogen-bond acceptors (Lipinski definition) is 7. The van der Waals surface area contributed by atoms with Crippen LogP contribution in [-0.4, -0.2) is 92.4 Å². The van der Waals surface area contributed by atoms with Crippen molar-refractivity contribution in [2.75, 3.05) is 62.2 Å². The number of hydrogen-bond donors (Lipinski definition) is 1. The lowest BCUT2D eigenvalue weighted by atomic mass is 10.0. The van der Waals surface area contributed by atoms with Gasteiger partial charge in [-0.15, -0.1) is 0 Å². The molecule has 3 saturated heterocycles. The Hall–Kier alpha value is -3.86. The molecular formula is C29H36FN5O5. The Kier molecular flexibility index (Phi) is 8.69. The fourth-order valence-corrected chi connectivity index (χ4v) is 5.57. The average molecular weight is 554 g/mol. The molecule has 1 N–H and O–H groups in total. The summed E-state index contributed by atoms with van der Waals surface area (Å²) >= 11 is 0. The van der Waals surface area contributed by atoms with Gasteiger partial charge in [0.25, 0.3) is 0 Å². The van der Waals surface area contributed by atoms with E-state index < -0.39 is 12.2 Å². The maximum atomic E-state index is 15.2. The van der Waals surface area contributed by atoms with Crippen molar-refractivity contribution in [2.45, 2.75) is 38.5 Å². The van der Waals surface area contributed by atoms with Crippen molar-refractivity contribution in [3.05, 3.63) is 59.9 Å². The fraction of sp³-hybridized carbons (Fsp3) is 0.483. The Morgan fingerprint density at radius 3 is 2.42 bits per heavy atom.